The Balaban J connectivity index is 2.51. The van der Waals surface area contributed by atoms with Crippen molar-refractivity contribution in [1.29, 1.82) is 0 Å². The lowest BCUT2D eigenvalue weighted by Crippen LogP contribution is -2.34. The normalized spacial score (nSPS) is 9.80. The zero-order valence-electron chi connectivity index (χ0n) is 8.31. The molecule has 5 heteroatoms. The van der Waals surface area contributed by atoms with Crippen LogP contribution in [0.1, 0.15) is 12.5 Å². The predicted octanol–water partition coefficient (Wildman–Crippen LogP) is 2.41. The molecule has 1 aromatic rings. The minimum Gasteiger partial charge on any atom is -0.338 e. The number of halogens is 2. The lowest BCUT2D eigenvalue weighted by atomic mass is 10.2. The highest BCUT2D eigenvalue weighted by molar-refractivity contribution is 9.10. The summed E-state index contributed by atoms with van der Waals surface area (Å²) in [6, 6.07) is 4.50. The van der Waals surface area contributed by atoms with Crippen LogP contribution in [0, 0.1) is 5.82 Å². The molecule has 2 N–H and O–H groups in total. The average Bonchev–Trinajstić information content (AvgIpc) is 2.20. The molecular weight excluding hydrogens is 263 g/mol. The maximum Gasteiger partial charge on any atom is 0.315 e. The lowest BCUT2D eigenvalue weighted by Gasteiger charge is -2.06. The Morgan fingerprint density at radius 3 is 2.80 bits per heavy atom. The fourth-order valence-electron chi connectivity index (χ4n) is 1.05. The predicted molar refractivity (Wildman–Crippen MR) is 60.0 cm³/mol. The van der Waals surface area contributed by atoms with Gasteiger partial charge in [-0.15, -0.1) is 0 Å². The maximum atomic E-state index is 13.1. The maximum absolute atomic E-state index is 13.1. The van der Waals surface area contributed by atoms with Crippen LogP contribution in [0.4, 0.5) is 9.18 Å². The molecule has 0 spiro atoms. The van der Waals surface area contributed by atoms with E-state index in [4.69, 9.17) is 0 Å². The zero-order valence-corrected chi connectivity index (χ0v) is 9.90. The van der Waals surface area contributed by atoms with E-state index in [1.807, 2.05) is 6.92 Å². The van der Waals surface area contributed by atoms with E-state index in [2.05, 4.69) is 26.6 Å². The second kappa shape index (κ2) is 5.70. The first kappa shape index (κ1) is 12.0. The molecule has 3 nitrogen and oxygen atoms in total. The summed E-state index contributed by atoms with van der Waals surface area (Å²) < 4.78 is 13.5. The molecule has 0 fully saturated rings. The van der Waals surface area contributed by atoms with Crippen LogP contribution < -0.4 is 10.6 Å². The summed E-state index contributed by atoms with van der Waals surface area (Å²) in [6.07, 6.45) is 0. The van der Waals surface area contributed by atoms with Crippen LogP contribution in [0.5, 0.6) is 0 Å². The van der Waals surface area contributed by atoms with Crippen LogP contribution in [0.25, 0.3) is 0 Å². The van der Waals surface area contributed by atoms with Crippen molar-refractivity contribution in [3.05, 3.63) is 34.1 Å². The summed E-state index contributed by atoms with van der Waals surface area (Å²) in [5.41, 5.74) is 0.724. The third-order valence-electron chi connectivity index (χ3n) is 1.77. The molecule has 0 aliphatic carbocycles. The van der Waals surface area contributed by atoms with Gasteiger partial charge in [-0.3, -0.25) is 0 Å². The minimum atomic E-state index is -0.329. The number of hydrogen-bond acceptors (Lipinski definition) is 1. The zero-order chi connectivity index (χ0) is 11.3. The van der Waals surface area contributed by atoms with Gasteiger partial charge in [0.2, 0.25) is 0 Å². The highest BCUT2D eigenvalue weighted by Crippen LogP contribution is 2.16. The topological polar surface area (TPSA) is 41.1 Å². The van der Waals surface area contributed by atoms with Crippen LogP contribution in [0.2, 0.25) is 0 Å². The largest absolute Gasteiger partial charge is 0.338 e. The molecule has 2 amide bonds. The quantitative estimate of drug-likeness (QED) is 0.873. The second-order valence-electron chi connectivity index (χ2n) is 2.96. The molecule has 0 saturated heterocycles. The highest BCUT2D eigenvalue weighted by Gasteiger charge is 2.02. The summed E-state index contributed by atoms with van der Waals surface area (Å²) in [6.45, 7) is 2.72. The first-order valence-electron chi connectivity index (χ1n) is 4.59. The Morgan fingerprint density at radius 1 is 1.47 bits per heavy atom. The van der Waals surface area contributed by atoms with Gasteiger partial charge in [0.05, 0.1) is 4.47 Å². The molecule has 0 radical (unpaired) electrons. The number of amides is 2. The van der Waals surface area contributed by atoms with Crippen molar-refractivity contribution < 1.29 is 9.18 Å². The molecule has 0 unspecified atom stereocenters. The van der Waals surface area contributed by atoms with Crippen LogP contribution in [-0.2, 0) is 6.54 Å². The van der Waals surface area contributed by atoms with Gasteiger partial charge >= 0.3 is 6.03 Å². The summed E-state index contributed by atoms with van der Waals surface area (Å²) in [4.78, 5) is 11.0. The van der Waals surface area contributed by atoms with Crippen molar-refractivity contribution in [2.45, 2.75) is 13.5 Å². The third kappa shape index (κ3) is 3.87. The van der Waals surface area contributed by atoms with Crippen LogP contribution in [0.15, 0.2) is 22.7 Å². The second-order valence-corrected chi connectivity index (χ2v) is 3.82. The molecular formula is C10H12BrFN2O. The van der Waals surface area contributed by atoms with Crippen molar-refractivity contribution in [3.63, 3.8) is 0 Å². The first-order chi connectivity index (χ1) is 7.13. The Kier molecular flexibility index (Phi) is 4.55. The molecule has 0 aliphatic rings. The minimum absolute atomic E-state index is 0.249. The van der Waals surface area contributed by atoms with Crippen molar-refractivity contribution in [3.8, 4) is 0 Å². The number of carbonyl (C=O) groups excluding carboxylic acids is 1. The Morgan fingerprint density at radius 2 is 2.20 bits per heavy atom. The fraction of sp³-hybridized carbons (Fsp3) is 0.300. The molecule has 0 aromatic heterocycles. The van der Waals surface area contributed by atoms with E-state index in [-0.39, 0.29) is 11.8 Å². The standard InChI is InChI=1S/C10H12BrFN2O/c1-2-13-10(15)14-6-7-3-4-8(11)9(12)5-7/h3-5H,2,6H2,1H3,(H2,13,14,15). The molecule has 1 rings (SSSR count). The molecule has 0 bridgehead atoms. The number of hydrogen-bond donors (Lipinski definition) is 2. The van der Waals surface area contributed by atoms with E-state index in [1.165, 1.54) is 6.07 Å². The molecule has 0 heterocycles. The van der Waals surface area contributed by atoms with Gasteiger partial charge in [0, 0.05) is 13.1 Å². The fourth-order valence-corrected chi connectivity index (χ4v) is 1.30. The van der Waals surface area contributed by atoms with E-state index in [0.717, 1.165) is 5.56 Å². The van der Waals surface area contributed by atoms with Gasteiger partial charge < -0.3 is 10.6 Å². The van der Waals surface area contributed by atoms with Crippen molar-refractivity contribution in [1.82, 2.24) is 10.6 Å². The van der Waals surface area contributed by atoms with Gasteiger partial charge in [-0.25, -0.2) is 9.18 Å². The summed E-state index contributed by atoms with van der Waals surface area (Å²) in [5.74, 6) is -0.329. The van der Waals surface area contributed by atoms with E-state index in [1.54, 1.807) is 12.1 Å². The lowest BCUT2D eigenvalue weighted by molar-refractivity contribution is 0.241. The van der Waals surface area contributed by atoms with Gasteiger partial charge in [-0.2, -0.15) is 0 Å². The summed E-state index contributed by atoms with van der Waals surface area (Å²) in [5, 5.41) is 5.20. The van der Waals surface area contributed by atoms with Crippen molar-refractivity contribution in [2.75, 3.05) is 6.54 Å². The number of rotatable bonds is 3. The van der Waals surface area contributed by atoms with E-state index < -0.39 is 0 Å². The monoisotopic (exact) mass is 274 g/mol. The van der Waals surface area contributed by atoms with E-state index in [9.17, 15) is 9.18 Å². The van der Waals surface area contributed by atoms with E-state index in [0.29, 0.717) is 17.6 Å². The van der Waals surface area contributed by atoms with Gasteiger partial charge in [0.15, 0.2) is 0 Å². The SMILES string of the molecule is CCNC(=O)NCc1ccc(Br)c(F)c1. The Hall–Kier alpha value is -1.10. The summed E-state index contributed by atoms with van der Waals surface area (Å²) in [7, 11) is 0. The smallest absolute Gasteiger partial charge is 0.315 e. The molecule has 0 aliphatic heterocycles. The molecule has 1 aromatic carbocycles. The molecule has 15 heavy (non-hydrogen) atoms. The number of urea groups is 1. The highest BCUT2D eigenvalue weighted by atomic mass is 79.9. The van der Waals surface area contributed by atoms with Crippen LogP contribution in [0.3, 0.4) is 0 Å². The molecule has 0 atom stereocenters. The molecule has 0 saturated carbocycles. The van der Waals surface area contributed by atoms with Crippen LogP contribution in [-0.4, -0.2) is 12.6 Å². The van der Waals surface area contributed by atoms with Gasteiger partial charge in [-0.1, -0.05) is 6.07 Å². The van der Waals surface area contributed by atoms with Crippen LogP contribution >= 0.6 is 15.9 Å². The van der Waals surface area contributed by atoms with E-state index >= 15 is 0 Å². The first-order valence-corrected chi connectivity index (χ1v) is 5.38. The van der Waals surface area contributed by atoms with Gasteiger partial charge in [-0.05, 0) is 40.5 Å². The number of benzene rings is 1. The number of nitrogens with one attached hydrogen (secondary N) is 2. The van der Waals surface area contributed by atoms with Gasteiger partial charge in [0.1, 0.15) is 5.82 Å². The van der Waals surface area contributed by atoms with Crippen molar-refractivity contribution >= 4 is 22.0 Å². The third-order valence-corrected chi connectivity index (χ3v) is 2.42. The van der Waals surface area contributed by atoms with Crippen molar-refractivity contribution in [2.24, 2.45) is 0 Å². The summed E-state index contributed by atoms with van der Waals surface area (Å²) >= 11 is 3.06. The molecule has 82 valence electrons. The Bertz CT molecular complexity index is 357. The Labute approximate surface area is 96.2 Å². The van der Waals surface area contributed by atoms with Gasteiger partial charge in [0.25, 0.3) is 0 Å². The number of carbonyl (C=O) groups is 1. The average molecular weight is 275 g/mol.